The molecule has 0 heterocycles. The van der Waals surface area contributed by atoms with Crippen LogP contribution in [0.25, 0.3) is 0 Å². The summed E-state index contributed by atoms with van der Waals surface area (Å²) in [5.41, 5.74) is 0.0890. The van der Waals surface area contributed by atoms with E-state index in [1.54, 1.807) is 7.11 Å². The average Bonchev–Trinajstić information content (AvgIpc) is 2.22. The third-order valence-electron chi connectivity index (χ3n) is 1.70. The molecule has 0 aliphatic heterocycles. The van der Waals surface area contributed by atoms with Gasteiger partial charge in [0.2, 0.25) is 0 Å². The molecule has 0 aromatic heterocycles. The van der Waals surface area contributed by atoms with Crippen molar-refractivity contribution in [3.63, 3.8) is 0 Å². The first-order chi connectivity index (χ1) is 7.61. The fourth-order valence-corrected chi connectivity index (χ4v) is 0.981. The molecule has 0 aliphatic rings. The zero-order chi connectivity index (χ0) is 12.4. The van der Waals surface area contributed by atoms with E-state index in [2.05, 4.69) is 10.6 Å². The summed E-state index contributed by atoms with van der Waals surface area (Å²) in [6.45, 7) is 5.02. The molecule has 0 radical (unpaired) electrons. The molecule has 0 aromatic carbocycles. The number of nitriles is 1. The lowest BCUT2D eigenvalue weighted by Gasteiger charge is -2.07. The summed E-state index contributed by atoms with van der Waals surface area (Å²) in [6, 6.07) is 1.88. The van der Waals surface area contributed by atoms with Gasteiger partial charge in [-0.05, 0) is 20.3 Å². The van der Waals surface area contributed by atoms with Crippen LogP contribution in [0.2, 0.25) is 0 Å². The van der Waals surface area contributed by atoms with Crippen LogP contribution in [0.1, 0.15) is 20.3 Å². The maximum atomic E-state index is 11.4. The van der Waals surface area contributed by atoms with Crippen molar-refractivity contribution >= 4 is 5.91 Å². The number of rotatable bonds is 7. The second-order valence-corrected chi connectivity index (χ2v) is 3.60. The molecule has 0 fully saturated rings. The number of amides is 1. The molecule has 1 amide bonds. The van der Waals surface area contributed by atoms with Crippen molar-refractivity contribution in [2.75, 3.05) is 20.3 Å². The van der Waals surface area contributed by atoms with Gasteiger partial charge in [-0.1, -0.05) is 0 Å². The molecule has 0 atom stereocenters. The third-order valence-corrected chi connectivity index (χ3v) is 1.70. The van der Waals surface area contributed by atoms with Gasteiger partial charge in [0.1, 0.15) is 11.6 Å². The van der Waals surface area contributed by atoms with Gasteiger partial charge in [-0.2, -0.15) is 5.26 Å². The van der Waals surface area contributed by atoms with E-state index in [1.165, 1.54) is 6.20 Å². The molecular weight excluding hydrogens is 206 g/mol. The van der Waals surface area contributed by atoms with Gasteiger partial charge in [0.15, 0.2) is 0 Å². The van der Waals surface area contributed by atoms with Crippen molar-refractivity contribution in [3.8, 4) is 6.07 Å². The van der Waals surface area contributed by atoms with Crippen LogP contribution in [-0.4, -0.2) is 32.2 Å². The predicted octanol–water partition coefficient (Wildman–Crippen LogP) is 0.545. The molecule has 0 saturated heterocycles. The van der Waals surface area contributed by atoms with Crippen molar-refractivity contribution in [1.29, 1.82) is 5.26 Å². The second kappa shape index (κ2) is 8.74. The second-order valence-electron chi connectivity index (χ2n) is 3.60. The van der Waals surface area contributed by atoms with Crippen LogP contribution in [0.4, 0.5) is 0 Å². The fraction of sp³-hybridized carbons (Fsp3) is 0.636. The Hall–Kier alpha value is -1.54. The number of hydrogen-bond donors (Lipinski definition) is 2. The SMILES string of the molecule is COCCCN/C=C(/C#N)C(=O)NC(C)C. The highest BCUT2D eigenvalue weighted by atomic mass is 16.5. The summed E-state index contributed by atoms with van der Waals surface area (Å²) in [6.07, 6.45) is 2.27. The normalized spacial score (nSPS) is 11.1. The highest BCUT2D eigenvalue weighted by Crippen LogP contribution is 1.92. The van der Waals surface area contributed by atoms with Gasteiger partial charge < -0.3 is 15.4 Å². The number of ether oxygens (including phenoxy) is 1. The van der Waals surface area contributed by atoms with Crippen LogP contribution in [0.5, 0.6) is 0 Å². The van der Waals surface area contributed by atoms with Gasteiger partial charge in [-0.25, -0.2) is 0 Å². The number of carbonyl (C=O) groups excluding carboxylic acids is 1. The molecule has 0 aromatic rings. The van der Waals surface area contributed by atoms with Crippen LogP contribution in [0.3, 0.4) is 0 Å². The van der Waals surface area contributed by atoms with Crippen LogP contribution < -0.4 is 10.6 Å². The zero-order valence-corrected chi connectivity index (χ0v) is 10.0. The highest BCUT2D eigenvalue weighted by molar-refractivity contribution is 5.97. The van der Waals surface area contributed by atoms with E-state index in [0.717, 1.165) is 6.42 Å². The van der Waals surface area contributed by atoms with Gasteiger partial charge in [-0.15, -0.1) is 0 Å². The maximum Gasteiger partial charge on any atom is 0.263 e. The predicted molar refractivity (Wildman–Crippen MR) is 61.5 cm³/mol. The van der Waals surface area contributed by atoms with Crippen molar-refractivity contribution in [3.05, 3.63) is 11.8 Å². The lowest BCUT2D eigenvalue weighted by Crippen LogP contribution is -2.31. The van der Waals surface area contributed by atoms with Crippen molar-refractivity contribution in [2.45, 2.75) is 26.3 Å². The van der Waals surface area contributed by atoms with E-state index < -0.39 is 0 Å². The quantitative estimate of drug-likeness (QED) is 0.377. The van der Waals surface area contributed by atoms with Gasteiger partial charge >= 0.3 is 0 Å². The molecule has 0 bridgehead atoms. The van der Waals surface area contributed by atoms with Gasteiger partial charge in [-0.3, -0.25) is 4.79 Å². The van der Waals surface area contributed by atoms with Crippen LogP contribution >= 0.6 is 0 Å². The maximum absolute atomic E-state index is 11.4. The van der Waals surface area contributed by atoms with Gasteiger partial charge in [0.25, 0.3) is 5.91 Å². The Balaban J connectivity index is 4.02. The summed E-state index contributed by atoms with van der Waals surface area (Å²) >= 11 is 0. The topological polar surface area (TPSA) is 74.1 Å². The molecule has 5 nitrogen and oxygen atoms in total. The number of carbonyl (C=O) groups is 1. The van der Waals surface area contributed by atoms with E-state index in [-0.39, 0.29) is 17.5 Å². The monoisotopic (exact) mass is 225 g/mol. The van der Waals surface area contributed by atoms with Gasteiger partial charge in [0.05, 0.1) is 0 Å². The Bertz CT molecular complexity index is 279. The molecule has 5 heteroatoms. The lowest BCUT2D eigenvalue weighted by molar-refractivity contribution is -0.117. The summed E-state index contributed by atoms with van der Waals surface area (Å²) in [5, 5.41) is 14.3. The first-order valence-corrected chi connectivity index (χ1v) is 5.25. The first kappa shape index (κ1) is 14.5. The first-order valence-electron chi connectivity index (χ1n) is 5.25. The molecule has 0 unspecified atom stereocenters. The Morgan fingerprint density at radius 1 is 1.56 bits per heavy atom. The largest absolute Gasteiger partial charge is 0.390 e. The van der Waals surface area contributed by atoms with Gasteiger partial charge in [0, 0.05) is 32.5 Å². The Morgan fingerprint density at radius 2 is 2.25 bits per heavy atom. The average molecular weight is 225 g/mol. The summed E-state index contributed by atoms with van der Waals surface area (Å²) in [5.74, 6) is -0.350. The van der Waals surface area contributed by atoms with Crippen LogP contribution in [0, 0.1) is 11.3 Å². The third kappa shape index (κ3) is 6.85. The molecular formula is C11H19N3O2. The Kier molecular flexibility index (Phi) is 7.90. The molecule has 0 saturated carbocycles. The summed E-state index contributed by atoms with van der Waals surface area (Å²) < 4.78 is 4.87. The lowest BCUT2D eigenvalue weighted by atomic mass is 10.2. The number of methoxy groups -OCH3 is 1. The minimum atomic E-state index is -0.350. The summed E-state index contributed by atoms with van der Waals surface area (Å²) in [4.78, 5) is 11.4. The zero-order valence-electron chi connectivity index (χ0n) is 10.0. The van der Waals surface area contributed by atoms with E-state index in [0.29, 0.717) is 13.2 Å². The fourth-order valence-electron chi connectivity index (χ4n) is 0.981. The van der Waals surface area contributed by atoms with E-state index in [4.69, 9.17) is 10.00 Å². The number of hydrogen-bond acceptors (Lipinski definition) is 4. The summed E-state index contributed by atoms with van der Waals surface area (Å²) in [7, 11) is 1.63. The Morgan fingerprint density at radius 3 is 2.75 bits per heavy atom. The van der Waals surface area contributed by atoms with Crippen molar-refractivity contribution < 1.29 is 9.53 Å². The van der Waals surface area contributed by atoms with Crippen molar-refractivity contribution in [2.24, 2.45) is 0 Å². The minimum absolute atomic E-state index is 0.0257. The highest BCUT2D eigenvalue weighted by Gasteiger charge is 2.08. The molecule has 0 aliphatic carbocycles. The van der Waals surface area contributed by atoms with Crippen molar-refractivity contribution in [1.82, 2.24) is 10.6 Å². The van der Waals surface area contributed by atoms with Crippen LogP contribution in [-0.2, 0) is 9.53 Å². The molecule has 0 rings (SSSR count). The number of nitrogens with zero attached hydrogens (tertiary/aromatic N) is 1. The molecule has 2 N–H and O–H groups in total. The van der Waals surface area contributed by atoms with E-state index in [9.17, 15) is 4.79 Å². The molecule has 16 heavy (non-hydrogen) atoms. The smallest absolute Gasteiger partial charge is 0.263 e. The molecule has 90 valence electrons. The molecule has 0 spiro atoms. The number of nitrogens with one attached hydrogen (secondary N) is 2. The Labute approximate surface area is 96.5 Å². The minimum Gasteiger partial charge on any atom is -0.390 e. The van der Waals surface area contributed by atoms with E-state index >= 15 is 0 Å². The standard InChI is InChI=1S/C11H19N3O2/c1-9(2)14-11(15)10(7-12)8-13-5-4-6-16-3/h8-9,13H,4-6H2,1-3H3,(H,14,15)/b10-8-. The van der Waals surface area contributed by atoms with Crippen LogP contribution in [0.15, 0.2) is 11.8 Å². The van der Waals surface area contributed by atoms with E-state index in [1.807, 2.05) is 19.9 Å².